The van der Waals surface area contributed by atoms with Gasteiger partial charge in [0.05, 0.1) is 11.9 Å². The van der Waals surface area contributed by atoms with Crippen LogP contribution in [0, 0.1) is 11.6 Å². The maximum Gasteiger partial charge on any atom is 0.259 e. The molecule has 2 aromatic carbocycles. The minimum Gasteiger partial charge on any atom is -0.338 e. The largest absolute Gasteiger partial charge is 0.338 e. The van der Waals surface area contributed by atoms with Gasteiger partial charge in [0.2, 0.25) is 10.0 Å². The van der Waals surface area contributed by atoms with E-state index in [1.54, 1.807) is 17.0 Å². The molecule has 0 atom stereocenters. The fraction of sp³-hybridized carbons (Fsp3) is 0.208. The minimum absolute atomic E-state index is 0.00623. The molecule has 37 heavy (non-hydrogen) atoms. The van der Waals surface area contributed by atoms with Crippen molar-refractivity contribution >= 4 is 44.7 Å². The van der Waals surface area contributed by atoms with E-state index in [4.69, 9.17) is 16.7 Å². The number of nitrogens with one attached hydrogen (secondary N) is 1. The summed E-state index contributed by atoms with van der Waals surface area (Å²) < 4.78 is 52.9. The second-order valence-electron chi connectivity index (χ2n) is 8.68. The van der Waals surface area contributed by atoms with Crippen LogP contribution in [0.25, 0.3) is 5.65 Å². The molecular weight excluding hydrogens is 526 g/mol. The number of nitrogens with two attached hydrogens (primary N) is 1. The van der Waals surface area contributed by atoms with Crippen molar-refractivity contribution in [3.05, 3.63) is 82.6 Å². The monoisotopic (exact) mass is 546 g/mol. The van der Waals surface area contributed by atoms with Crippen molar-refractivity contribution in [1.29, 1.82) is 0 Å². The average molecular weight is 547 g/mol. The first-order valence-electron chi connectivity index (χ1n) is 11.3. The third-order valence-electron chi connectivity index (χ3n) is 6.34. The maximum absolute atomic E-state index is 14.6. The van der Waals surface area contributed by atoms with Gasteiger partial charge >= 0.3 is 0 Å². The highest BCUT2D eigenvalue weighted by Gasteiger charge is 2.29. The summed E-state index contributed by atoms with van der Waals surface area (Å²) in [7, 11) is -4.17. The molecule has 4 aromatic rings. The molecule has 1 saturated heterocycles. The molecule has 1 aliphatic rings. The van der Waals surface area contributed by atoms with E-state index in [9.17, 15) is 22.0 Å². The summed E-state index contributed by atoms with van der Waals surface area (Å²) in [6, 6.07) is 10.2. The van der Waals surface area contributed by atoms with Gasteiger partial charge in [0.1, 0.15) is 27.9 Å². The third-order valence-corrected chi connectivity index (χ3v) is 7.47. The molecule has 13 heteroatoms. The van der Waals surface area contributed by atoms with Gasteiger partial charge in [-0.2, -0.15) is 9.61 Å². The summed E-state index contributed by atoms with van der Waals surface area (Å²) >= 11 is 6.03. The number of carbonyl (C=O) groups excluding carboxylic acids is 1. The van der Waals surface area contributed by atoms with Gasteiger partial charge < -0.3 is 10.2 Å². The number of likely N-dealkylation sites (tertiary alicyclic amines) is 1. The molecule has 5 rings (SSSR count). The number of primary sulfonamides is 1. The van der Waals surface area contributed by atoms with E-state index in [1.807, 2.05) is 0 Å². The van der Waals surface area contributed by atoms with Gasteiger partial charge in [0.15, 0.2) is 5.65 Å². The number of carbonyl (C=O) groups is 1. The summed E-state index contributed by atoms with van der Waals surface area (Å²) in [5.74, 6) is -1.17. The molecule has 9 nitrogen and oxygen atoms in total. The molecule has 3 N–H and O–H groups in total. The Morgan fingerprint density at radius 3 is 2.46 bits per heavy atom. The van der Waals surface area contributed by atoms with Gasteiger partial charge in [-0.3, -0.25) is 4.79 Å². The topological polar surface area (TPSA) is 123 Å². The van der Waals surface area contributed by atoms with Crippen molar-refractivity contribution in [1.82, 2.24) is 19.5 Å². The number of halogens is 3. The van der Waals surface area contributed by atoms with E-state index in [1.165, 1.54) is 30.5 Å². The zero-order valence-electron chi connectivity index (χ0n) is 19.2. The first-order valence-corrected chi connectivity index (χ1v) is 13.2. The molecule has 1 aliphatic heterocycles. The maximum atomic E-state index is 14.6. The normalized spacial score (nSPS) is 14.8. The average Bonchev–Trinajstić information content (AvgIpc) is 3.32. The SMILES string of the molecule is NS(=O)(=O)c1cnn2c(Nc3cc(Cl)ccc3F)c(C(=O)N3CCC(c4ccc(F)cc4)CC3)cnc12. The number of aromatic nitrogens is 3. The molecule has 192 valence electrons. The van der Waals surface area contributed by atoms with Gasteiger partial charge in [-0.25, -0.2) is 27.3 Å². The van der Waals surface area contributed by atoms with Gasteiger partial charge in [-0.05, 0) is 54.7 Å². The first-order chi connectivity index (χ1) is 17.6. The van der Waals surface area contributed by atoms with Crippen molar-refractivity contribution in [3.63, 3.8) is 0 Å². The highest BCUT2D eigenvalue weighted by molar-refractivity contribution is 7.89. The highest BCUT2D eigenvalue weighted by atomic mass is 35.5. The number of nitrogens with zero attached hydrogens (tertiary/aromatic N) is 4. The van der Waals surface area contributed by atoms with Crippen molar-refractivity contribution in [2.75, 3.05) is 18.4 Å². The lowest BCUT2D eigenvalue weighted by molar-refractivity contribution is 0.0713. The van der Waals surface area contributed by atoms with Crippen LogP contribution >= 0.6 is 11.6 Å². The fourth-order valence-corrected chi connectivity index (χ4v) is 5.19. The number of benzene rings is 2. The molecule has 1 amide bonds. The summed E-state index contributed by atoms with van der Waals surface area (Å²) in [6.07, 6.45) is 3.55. The van der Waals surface area contributed by atoms with Crippen LogP contribution < -0.4 is 10.5 Å². The van der Waals surface area contributed by atoms with E-state index in [-0.39, 0.29) is 44.4 Å². The number of hydrogen-bond donors (Lipinski definition) is 2. The van der Waals surface area contributed by atoms with E-state index in [2.05, 4.69) is 15.4 Å². The molecule has 1 fully saturated rings. The van der Waals surface area contributed by atoms with Crippen LogP contribution in [-0.2, 0) is 10.0 Å². The highest BCUT2D eigenvalue weighted by Crippen LogP contribution is 2.32. The summed E-state index contributed by atoms with van der Waals surface area (Å²) in [5.41, 5.74) is 0.884. The Balaban J connectivity index is 1.50. The summed E-state index contributed by atoms with van der Waals surface area (Å²) in [6.45, 7) is 0.844. The lowest BCUT2D eigenvalue weighted by atomic mass is 9.89. The molecule has 0 spiro atoms. The molecule has 2 aromatic heterocycles. The van der Waals surface area contributed by atoms with Crippen LogP contribution in [0.5, 0.6) is 0 Å². The molecule has 0 radical (unpaired) electrons. The number of sulfonamides is 1. The Morgan fingerprint density at radius 1 is 1.08 bits per heavy atom. The Bertz CT molecular complexity index is 1600. The number of anilines is 2. The second-order valence-corrected chi connectivity index (χ2v) is 10.6. The van der Waals surface area contributed by atoms with Gasteiger partial charge in [0, 0.05) is 24.3 Å². The zero-order valence-corrected chi connectivity index (χ0v) is 20.8. The number of amides is 1. The fourth-order valence-electron chi connectivity index (χ4n) is 4.43. The van der Waals surface area contributed by atoms with E-state index >= 15 is 0 Å². The van der Waals surface area contributed by atoms with Crippen molar-refractivity contribution in [2.24, 2.45) is 5.14 Å². The predicted octanol–water partition coefficient (Wildman–Crippen LogP) is 4.07. The zero-order chi connectivity index (χ0) is 26.3. The van der Waals surface area contributed by atoms with Crippen molar-refractivity contribution in [2.45, 2.75) is 23.7 Å². The van der Waals surface area contributed by atoms with Crippen LogP contribution in [0.15, 0.2) is 59.8 Å². The number of hydrogen-bond acceptors (Lipinski definition) is 6. The Labute approximate surface area is 215 Å². The van der Waals surface area contributed by atoms with Crippen molar-refractivity contribution in [3.8, 4) is 0 Å². The number of rotatable bonds is 5. The van der Waals surface area contributed by atoms with E-state index < -0.39 is 21.7 Å². The lowest BCUT2D eigenvalue weighted by Gasteiger charge is -2.32. The molecule has 0 saturated carbocycles. The van der Waals surface area contributed by atoms with Crippen LogP contribution in [0.1, 0.15) is 34.7 Å². The van der Waals surface area contributed by atoms with E-state index in [0.29, 0.717) is 25.9 Å². The lowest BCUT2D eigenvalue weighted by Crippen LogP contribution is -2.38. The third kappa shape index (κ3) is 4.99. The molecular formula is C24H21ClF2N6O3S. The van der Waals surface area contributed by atoms with Crippen molar-refractivity contribution < 1.29 is 22.0 Å². The Hall–Kier alpha value is -3.61. The Kier molecular flexibility index (Phi) is 6.56. The number of fused-ring (bicyclic) bond motifs is 1. The van der Waals surface area contributed by atoms with Crippen LogP contribution in [0.2, 0.25) is 5.02 Å². The first kappa shape index (κ1) is 25.1. The Morgan fingerprint density at radius 2 is 1.78 bits per heavy atom. The molecule has 0 bridgehead atoms. The summed E-state index contributed by atoms with van der Waals surface area (Å²) in [4.78, 5) is 19.0. The second kappa shape index (κ2) is 9.69. The van der Waals surface area contributed by atoms with Crippen LogP contribution in [-0.4, -0.2) is 46.9 Å². The number of piperidine rings is 1. The van der Waals surface area contributed by atoms with Crippen LogP contribution in [0.3, 0.4) is 0 Å². The quantitative estimate of drug-likeness (QED) is 0.389. The predicted molar refractivity (Wildman–Crippen MR) is 133 cm³/mol. The van der Waals surface area contributed by atoms with Gasteiger partial charge in [-0.15, -0.1) is 0 Å². The molecule has 3 heterocycles. The molecule has 0 unspecified atom stereocenters. The minimum atomic E-state index is -4.17. The van der Waals surface area contributed by atoms with E-state index in [0.717, 1.165) is 22.3 Å². The van der Waals surface area contributed by atoms with Gasteiger partial charge in [-0.1, -0.05) is 23.7 Å². The summed E-state index contributed by atoms with van der Waals surface area (Å²) in [5, 5.41) is 12.4. The van der Waals surface area contributed by atoms with Crippen LogP contribution in [0.4, 0.5) is 20.3 Å². The smallest absolute Gasteiger partial charge is 0.259 e. The standard InChI is InChI=1S/C24H21ClF2N6O3S/c25-16-3-6-19(27)20(11-16)31-22-18(12-29-23-21(37(28,35)36)13-30-33(22)23)24(34)32-9-7-15(8-10-32)14-1-4-17(26)5-2-14/h1-6,11-13,15,31H,7-10H2,(H2,28,35,36). The molecule has 0 aliphatic carbocycles. The van der Waals surface area contributed by atoms with Gasteiger partial charge in [0.25, 0.3) is 5.91 Å².